The molecule has 2 aromatic heterocycles. The zero-order valence-electron chi connectivity index (χ0n) is 10.9. The Kier molecular flexibility index (Phi) is 4.21. The van der Waals surface area contributed by atoms with E-state index >= 15 is 0 Å². The van der Waals surface area contributed by atoms with E-state index in [-0.39, 0.29) is 12.4 Å². The Bertz CT molecular complexity index is 805. The molecule has 3 nitrogen and oxygen atoms in total. The Labute approximate surface area is 138 Å². The van der Waals surface area contributed by atoms with Crippen molar-refractivity contribution in [3.05, 3.63) is 50.8 Å². The van der Waals surface area contributed by atoms with Crippen molar-refractivity contribution in [1.29, 1.82) is 0 Å². The third-order valence-electron chi connectivity index (χ3n) is 3.20. The Balaban J connectivity index is 2.19. The lowest BCUT2D eigenvalue weighted by Crippen LogP contribution is -2.13. The number of hydrogen-bond acceptors (Lipinski definition) is 4. The summed E-state index contributed by atoms with van der Waals surface area (Å²) < 4.78 is 15.4. The first-order valence-electron chi connectivity index (χ1n) is 6.32. The molecular formula is C15H12FIN2OS. The highest BCUT2D eigenvalue weighted by molar-refractivity contribution is 14.1. The van der Waals surface area contributed by atoms with Crippen LogP contribution in [0.4, 0.5) is 4.39 Å². The predicted octanol–water partition coefficient (Wildman–Crippen LogP) is 3.70. The smallest absolute Gasteiger partial charge is 0.141 e. The van der Waals surface area contributed by atoms with Crippen LogP contribution < -0.4 is 5.73 Å². The highest BCUT2D eigenvalue weighted by Crippen LogP contribution is 2.35. The number of rotatable bonds is 3. The minimum Gasteiger partial charge on any atom is -0.385 e. The molecule has 2 heterocycles. The quantitative estimate of drug-likeness (QED) is 0.643. The number of nitrogens with two attached hydrogens (primary N) is 1. The van der Waals surface area contributed by atoms with E-state index in [2.05, 4.69) is 27.6 Å². The molecule has 1 atom stereocenters. The minimum atomic E-state index is -0.792. The lowest BCUT2D eigenvalue weighted by molar-refractivity contribution is 0.182. The second kappa shape index (κ2) is 5.96. The normalized spacial score (nSPS) is 12.8. The third-order valence-corrected chi connectivity index (χ3v) is 4.83. The molecule has 3 aromatic rings. The van der Waals surface area contributed by atoms with Gasteiger partial charge in [0.15, 0.2) is 0 Å². The molecule has 3 rings (SSSR count). The molecule has 0 aliphatic heterocycles. The largest absolute Gasteiger partial charge is 0.385 e. The summed E-state index contributed by atoms with van der Waals surface area (Å²) in [6.07, 6.45) is -0.792. The Morgan fingerprint density at radius 3 is 2.95 bits per heavy atom. The van der Waals surface area contributed by atoms with Gasteiger partial charge >= 0.3 is 0 Å². The number of benzene rings is 1. The van der Waals surface area contributed by atoms with Crippen LogP contribution in [-0.2, 0) is 0 Å². The topological polar surface area (TPSA) is 59.1 Å². The van der Waals surface area contributed by atoms with Gasteiger partial charge in [0.05, 0.1) is 16.1 Å². The van der Waals surface area contributed by atoms with Gasteiger partial charge in [0, 0.05) is 26.4 Å². The van der Waals surface area contributed by atoms with Crippen molar-refractivity contribution >= 4 is 44.0 Å². The van der Waals surface area contributed by atoms with Crippen LogP contribution in [0.3, 0.4) is 0 Å². The summed E-state index contributed by atoms with van der Waals surface area (Å²) in [6.45, 7) is 0.117. The number of aromatic nitrogens is 1. The number of halogens is 2. The maximum Gasteiger partial charge on any atom is 0.141 e. The van der Waals surface area contributed by atoms with Crippen LogP contribution >= 0.6 is 33.9 Å². The van der Waals surface area contributed by atoms with Gasteiger partial charge in [-0.3, -0.25) is 0 Å². The predicted molar refractivity (Wildman–Crippen MR) is 91.7 cm³/mol. The molecule has 0 amide bonds. The third kappa shape index (κ3) is 2.80. The highest BCUT2D eigenvalue weighted by Gasteiger charge is 2.14. The summed E-state index contributed by atoms with van der Waals surface area (Å²) in [7, 11) is 0. The molecule has 0 saturated heterocycles. The van der Waals surface area contributed by atoms with Crippen molar-refractivity contribution in [2.45, 2.75) is 6.10 Å². The van der Waals surface area contributed by atoms with Crippen molar-refractivity contribution in [3.8, 4) is 11.3 Å². The fourth-order valence-corrected chi connectivity index (χ4v) is 3.75. The van der Waals surface area contributed by atoms with Crippen LogP contribution in [-0.4, -0.2) is 16.6 Å². The van der Waals surface area contributed by atoms with Crippen LogP contribution in [0.15, 0.2) is 35.7 Å². The van der Waals surface area contributed by atoms with E-state index in [1.54, 1.807) is 12.1 Å². The fourth-order valence-electron chi connectivity index (χ4n) is 2.17. The van der Waals surface area contributed by atoms with E-state index in [9.17, 15) is 9.50 Å². The summed E-state index contributed by atoms with van der Waals surface area (Å²) >= 11 is 3.53. The maximum absolute atomic E-state index is 13.8. The summed E-state index contributed by atoms with van der Waals surface area (Å²) in [4.78, 5) is 4.48. The van der Waals surface area contributed by atoms with Crippen LogP contribution in [0.5, 0.6) is 0 Å². The van der Waals surface area contributed by atoms with E-state index in [1.807, 2.05) is 17.5 Å². The maximum atomic E-state index is 13.8. The fraction of sp³-hybridized carbons (Fsp3) is 0.133. The van der Waals surface area contributed by atoms with E-state index in [0.717, 1.165) is 20.2 Å². The number of fused-ring (bicyclic) bond motifs is 1. The van der Waals surface area contributed by atoms with E-state index in [4.69, 9.17) is 5.73 Å². The van der Waals surface area contributed by atoms with Gasteiger partial charge in [0.2, 0.25) is 0 Å². The van der Waals surface area contributed by atoms with Gasteiger partial charge in [-0.25, -0.2) is 9.37 Å². The molecule has 0 bridgehead atoms. The van der Waals surface area contributed by atoms with Gasteiger partial charge in [-0.1, -0.05) is 12.1 Å². The molecular weight excluding hydrogens is 402 g/mol. The van der Waals surface area contributed by atoms with Gasteiger partial charge in [-0.05, 0) is 40.8 Å². The molecule has 0 radical (unpaired) electrons. The van der Waals surface area contributed by atoms with Gasteiger partial charge < -0.3 is 10.8 Å². The van der Waals surface area contributed by atoms with Crippen LogP contribution in [0.2, 0.25) is 0 Å². The van der Waals surface area contributed by atoms with Gasteiger partial charge in [0.1, 0.15) is 11.9 Å². The first kappa shape index (κ1) is 14.8. The van der Waals surface area contributed by atoms with Gasteiger partial charge in [0.25, 0.3) is 0 Å². The molecule has 0 spiro atoms. The SMILES string of the molecule is NCC(O)c1cc(I)cc(-c2csc3c(F)cccc23)n1. The zero-order valence-corrected chi connectivity index (χ0v) is 13.9. The molecule has 6 heteroatoms. The lowest BCUT2D eigenvalue weighted by atomic mass is 10.1. The molecule has 0 fully saturated rings. The van der Waals surface area contributed by atoms with E-state index in [1.165, 1.54) is 17.4 Å². The van der Waals surface area contributed by atoms with Crippen molar-refractivity contribution < 1.29 is 9.50 Å². The molecule has 3 N–H and O–H groups in total. The molecule has 108 valence electrons. The summed E-state index contributed by atoms with van der Waals surface area (Å²) in [5.74, 6) is -0.225. The number of nitrogens with zero attached hydrogens (tertiary/aromatic N) is 1. The van der Waals surface area contributed by atoms with Crippen molar-refractivity contribution in [3.63, 3.8) is 0 Å². The average molecular weight is 414 g/mol. The second-order valence-corrected chi connectivity index (χ2v) is 6.74. The zero-order chi connectivity index (χ0) is 15.0. The Morgan fingerprint density at radius 2 is 2.19 bits per heavy atom. The van der Waals surface area contributed by atoms with Gasteiger partial charge in [-0.15, -0.1) is 11.3 Å². The summed E-state index contributed by atoms with van der Waals surface area (Å²) in [5, 5.41) is 12.6. The molecule has 1 unspecified atom stereocenters. The summed E-state index contributed by atoms with van der Waals surface area (Å²) in [5.41, 5.74) is 7.63. The number of pyridine rings is 1. The van der Waals surface area contributed by atoms with Crippen LogP contribution in [0, 0.1) is 9.39 Å². The highest BCUT2D eigenvalue weighted by atomic mass is 127. The van der Waals surface area contributed by atoms with Crippen LogP contribution in [0.1, 0.15) is 11.8 Å². The standard InChI is InChI=1S/C15H12FIN2OS/c16-11-3-1-2-9-10(7-21-15(9)11)12-4-8(17)5-13(19-12)14(20)6-18/h1-5,7,14,20H,6,18H2. The number of aliphatic hydroxyl groups is 1. The lowest BCUT2D eigenvalue weighted by Gasteiger charge is -2.10. The monoisotopic (exact) mass is 414 g/mol. The molecule has 21 heavy (non-hydrogen) atoms. The average Bonchev–Trinajstić information content (AvgIpc) is 2.91. The molecule has 0 aliphatic carbocycles. The Hall–Kier alpha value is -1.09. The number of thiophene rings is 1. The van der Waals surface area contributed by atoms with Crippen molar-refractivity contribution in [1.82, 2.24) is 4.98 Å². The molecule has 0 aliphatic rings. The number of aliphatic hydroxyl groups excluding tert-OH is 1. The van der Waals surface area contributed by atoms with Crippen molar-refractivity contribution in [2.75, 3.05) is 6.54 Å². The Morgan fingerprint density at radius 1 is 1.38 bits per heavy atom. The molecule has 0 saturated carbocycles. The van der Waals surface area contributed by atoms with E-state index < -0.39 is 6.10 Å². The first-order valence-corrected chi connectivity index (χ1v) is 8.27. The second-order valence-electron chi connectivity index (χ2n) is 4.61. The van der Waals surface area contributed by atoms with E-state index in [0.29, 0.717) is 10.4 Å². The summed E-state index contributed by atoms with van der Waals surface area (Å²) in [6, 6.07) is 8.74. The van der Waals surface area contributed by atoms with Gasteiger partial charge in [-0.2, -0.15) is 0 Å². The van der Waals surface area contributed by atoms with Crippen LogP contribution in [0.25, 0.3) is 21.3 Å². The minimum absolute atomic E-state index is 0.117. The first-order chi connectivity index (χ1) is 10.1. The van der Waals surface area contributed by atoms with Crippen molar-refractivity contribution in [2.24, 2.45) is 5.73 Å². The molecule has 1 aromatic carbocycles. The number of hydrogen-bond donors (Lipinski definition) is 2.